The van der Waals surface area contributed by atoms with Crippen molar-refractivity contribution in [1.29, 1.82) is 0 Å². The van der Waals surface area contributed by atoms with Crippen molar-refractivity contribution in [3.63, 3.8) is 0 Å². The molecule has 0 bridgehead atoms. The summed E-state index contributed by atoms with van der Waals surface area (Å²) in [7, 11) is 0. The summed E-state index contributed by atoms with van der Waals surface area (Å²) in [5.41, 5.74) is 8.27. The summed E-state index contributed by atoms with van der Waals surface area (Å²) in [6.45, 7) is 0. The lowest BCUT2D eigenvalue weighted by Gasteiger charge is -2.28. The fourth-order valence-corrected chi connectivity index (χ4v) is 9.60. The van der Waals surface area contributed by atoms with E-state index in [1.807, 2.05) is 22.7 Å². The van der Waals surface area contributed by atoms with Gasteiger partial charge >= 0.3 is 0 Å². The molecule has 0 unspecified atom stereocenters. The molecule has 2 heterocycles. The van der Waals surface area contributed by atoms with E-state index in [9.17, 15) is 0 Å². The Morgan fingerprint density at radius 3 is 1.80 bits per heavy atom. The Kier molecular flexibility index (Phi) is 6.61. The van der Waals surface area contributed by atoms with Crippen molar-refractivity contribution in [1.82, 2.24) is 0 Å². The predicted octanol–water partition coefficient (Wildman–Crippen LogP) is 14.4. The van der Waals surface area contributed by atoms with Crippen LogP contribution in [0.3, 0.4) is 0 Å². The molecule has 2 aromatic heterocycles. The SMILES string of the molecule is c1cc(-c2ccc3c(c2)sc2ccccc23)cc(N(c2ccc3sc4ccccc4c3c2)c2ccccc2-c2cccc3ccccc23)c1. The lowest BCUT2D eigenvalue weighted by Crippen LogP contribution is -2.11. The van der Waals surface area contributed by atoms with Gasteiger partial charge in [0.05, 0.1) is 5.69 Å². The lowest BCUT2D eigenvalue weighted by molar-refractivity contribution is 1.29. The number of benzene rings is 8. The van der Waals surface area contributed by atoms with E-state index < -0.39 is 0 Å². The van der Waals surface area contributed by atoms with Crippen LogP contribution >= 0.6 is 22.7 Å². The molecule has 10 rings (SSSR count). The van der Waals surface area contributed by atoms with Gasteiger partial charge in [0.1, 0.15) is 0 Å². The van der Waals surface area contributed by atoms with E-state index in [4.69, 9.17) is 0 Å². The van der Waals surface area contributed by atoms with E-state index in [0.29, 0.717) is 0 Å². The van der Waals surface area contributed by atoms with E-state index in [2.05, 4.69) is 181 Å². The van der Waals surface area contributed by atoms with E-state index in [0.717, 1.165) is 17.1 Å². The average Bonchev–Trinajstić information content (AvgIpc) is 3.73. The molecule has 49 heavy (non-hydrogen) atoms. The maximum absolute atomic E-state index is 2.45. The van der Waals surface area contributed by atoms with Gasteiger partial charge in [-0.3, -0.25) is 0 Å². The van der Waals surface area contributed by atoms with Gasteiger partial charge < -0.3 is 4.90 Å². The van der Waals surface area contributed by atoms with Crippen LogP contribution in [0.25, 0.3) is 73.4 Å². The second kappa shape index (κ2) is 11.5. The molecule has 0 saturated heterocycles. The van der Waals surface area contributed by atoms with Crippen molar-refractivity contribution in [2.45, 2.75) is 0 Å². The first-order valence-electron chi connectivity index (χ1n) is 16.6. The standard InChI is InChI=1S/C46H29NS2/c1-2-15-35-30(11-1)12-10-19-36(35)37-16-3-6-20-42(37)47(34-24-26-45-41(29-34)39-18-5-8-22-44(39)48-45)33-14-9-13-31(27-33)32-23-25-40-38-17-4-7-21-43(38)49-46(40)28-32/h1-29H. The largest absolute Gasteiger partial charge is 0.310 e. The summed E-state index contributed by atoms with van der Waals surface area (Å²) in [6.07, 6.45) is 0. The quantitative estimate of drug-likeness (QED) is 0.178. The summed E-state index contributed by atoms with van der Waals surface area (Å²) in [5.74, 6) is 0. The first kappa shape index (κ1) is 28.3. The fraction of sp³-hybridized carbons (Fsp3) is 0. The first-order valence-corrected chi connectivity index (χ1v) is 18.2. The summed E-state index contributed by atoms with van der Waals surface area (Å²) >= 11 is 3.73. The molecule has 1 nitrogen and oxygen atoms in total. The van der Waals surface area contributed by atoms with Crippen LogP contribution in [-0.2, 0) is 0 Å². The van der Waals surface area contributed by atoms with Crippen molar-refractivity contribution in [2.75, 3.05) is 4.90 Å². The number of nitrogens with zero attached hydrogens (tertiary/aromatic N) is 1. The van der Waals surface area contributed by atoms with Crippen molar-refractivity contribution < 1.29 is 0 Å². The van der Waals surface area contributed by atoms with Crippen LogP contribution in [0.5, 0.6) is 0 Å². The normalized spacial score (nSPS) is 11.7. The van der Waals surface area contributed by atoms with E-state index in [-0.39, 0.29) is 0 Å². The van der Waals surface area contributed by atoms with Gasteiger partial charge in [0, 0.05) is 57.3 Å². The summed E-state index contributed by atoms with van der Waals surface area (Å²) in [4.78, 5) is 2.45. The zero-order valence-electron chi connectivity index (χ0n) is 26.5. The van der Waals surface area contributed by atoms with Crippen molar-refractivity contribution >= 4 is 90.9 Å². The molecule has 230 valence electrons. The number of rotatable bonds is 5. The smallest absolute Gasteiger partial charge is 0.0540 e. The molecular weight excluding hydrogens is 631 g/mol. The molecule has 8 aromatic carbocycles. The Morgan fingerprint density at radius 2 is 0.918 bits per heavy atom. The molecular formula is C46H29NS2. The van der Waals surface area contributed by atoms with Crippen LogP contribution < -0.4 is 4.90 Å². The van der Waals surface area contributed by atoms with Crippen molar-refractivity contribution in [3.05, 3.63) is 176 Å². The van der Waals surface area contributed by atoms with Crippen LogP contribution in [-0.4, -0.2) is 0 Å². The third-order valence-corrected chi connectivity index (χ3v) is 11.9. The summed E-state index contributed by atoms with van der Waals surface area (Å²) in [6, 6.07) is 64.6. The second-order valence-corrected chi connectivity index (χ2v) is 14.7. The van der Waals surface area contributed by atoms with E-state index in [1.54, 1.807) is 0 Å². The van der Waals surface area contributed by atoms with Gasteiger partial charge in [0.15, 0.2) is 0 Å². The number of anilines is 3. The summed E-state index contributed by atoms with van der Waals surface area (Å²) in [5, 5.41) is 7.74. The third kappa shape index (κ3) is 4.74. The topological polar surface area (TPSA) is 3.24 Å². The van der Waals surface area contributed by atoms with Crippen LogP contribution in [0.1, 0.15) is 0 Å². The molecule has 0 aliphatic carbocycles. The molecule has 0 aliphatic heterocycles. The Morgan fingerprint density at radius 1 is 0.327 bits per heavy atom. The maximum atomic E-state index is 2.45. The van der Waals surface area contributed by atoms with Gasteiger partial charge in [0.25, 0.3) is 0 Å². The number of hydrogen-bond acceptors (Lipinski definition) is 3. The van der Waals surface area contributed by atoms with Gasteiger partial charge in [-0.25, -0.2) is 0 Å². The Bertz CT molecular complexity index is 2850. The Hall–Kier alpha value is -5.74. The first-order chi connectivity index (χ1) is 24.3. The summed E-state index contributed by atoms with van der Waals surface area (Å²) < 4.78 is 5.27. The Balaban J connectivity index is 1.19. The van der Waals surface area contributed by atoms with Crippen LogP contribution in [0, 0.1) is 0 Å². The van der Waals surface area contributed by atoms with E-state index >= 15 is 0 Å². The number of para-hydroxylation sites is 1. The molecule has 0 atom stereocenters. The molecule has 0 amide bonds. The van der Waals surface area contributed by atoms with Gasteiger partial charge in [-0.05, 0) is 82.1 Å². The van der Waals surface area contributed by atoms with Crippen LogP contribution in [0.15, 0.2) is 176 Å². The van der Waals surface area contributed by atoms with Gasteiger partial charge in [-0.1, -0.05) is 121 Å². The number of fused-ring (bicyclic) bond motifs is 7. The molecule has 0 saturated carbocycles. The van der Waals surface area contributed by atoms with Gasteiger partial charge in [-0.2, -0.15) is 0 Å². The highest BCUT2D eigenvalue weighted by atomic mass is 32.1. The molecule has 0 spiro atoms. The molecule has 0 fully saturated rings. The van der Waals surface area contributed by atoms with Crippen LogP contribution in [0.4, 0.5) is 17.1 Å². The zero-order chi connectivity index (χ0) is 32.3. The minimum absolute atomic E-state index is 1.13. The minimum Gasteiger partial charge on any atom is -0.310 e. The van der Waals surface area contributed by atoms with E-state index in [1.165, 1.54) is 73.4 Å². The van der Waals surface area contributed by atoms with Crippen molar-refractivity contribution in [2.24, 2.45) is 0 Å². The van der Waals surface area contributed by atoms with Crippen LogP contribution in [0.2, 0.25) is 0 Å². The maximum Gasteiger partial charge on any atom is 0.0540 e. The monoisotopic (exact) mass is 659 g/mol. The highest BCUT2D eigenvalue weighted by Crippen LogP contribution is 2.46. The molecule has 10 aromatic rings. The fourth-order valence-electron chi connectivity index (χ4n) is 7.37. The average molecular weight is 660 g/mol. The van der Waals surface area contributed by atoms with Gasteiger partial charge in [-0.15, -0.1) is 22.7 Å². The zero-order valence-corrected chi connectivity index (χ0v) is 28.1. The predicted molar refractivity (Wildman–Crippen MR) is 215 cm³/mol. The minimum atomic E-state index is 1.13. The third-order valence-electron chi connectivity index (χ3n) is 9.66. The molecule has 0 radical (unpaired) electrons. The molecule has 0 N–H and O–H groups in total. The lowest BCUT2D eigenvalue weighted by atomic mass is 9.96. The highest BCUT2D eigenvalue weighted by Gasteiger charge is 2.20. The molecule has 3 heteroatoms. The highest BCUT2D eigenvalue weighted by molar-refractivity contribution is 7.26. The second-order valence-electron chi connectivity index (χ2n) is 12.5. The van der Waals surface area contributed by atoms with Gasteiger partial charge in [0.2, 0.25) is 0 Å². The number of thiophene rings is 2. The Labute approximate surface area is 292 Å². The molecule has 0 aliphatic rings. The number of hydrogen-bond donors (Lipinski definition) is 0. The van der Waals surface area contributed by atoms with Crippen molar-refractivity contribution in [3.8, 4) is 22.3 Å².